The molecule has 1 aliphatic rings. The summed E-state index contributed by atoms with van der Waals surface area (Å²) in [6.45, 7) is 7.95. The second-order valence-corrected chi connectivity index (χ2v) is 5.80. The standard InChI is InChI=1S/C15H28N4/c1-4-8-16-13(2)15-7-5-6-9-19(15)12-14-10-17-18(3)11-14/h10-11,13,15-16H,4-9,12H2,1-3H3. The SMILES string of the molecule is CCCNC(C)C1CCCCN1Cc1cnn(C)c1. The molecule has 1 aliphatic heterocycles. The average molecular weight is 264 g/mol. The molecule has 0 aromatic carbocycles. The van der Waals surface area contributed by atoms with E-state index in [9.17, 15) is 0 Å². The van der Waals surface area contributed by atoms with Gasteiger partial charge in [-0.3, -0.25) is 9.58 Å². The molecule has 1 aromatic rings. The molecule has 108 valence electrons. The number of likely N-dealkylation sites (tertiary alicyclic amines) is 1. The van der Waals surface area contributed by atoms with Crippen LogP contribution in [-0.4, -0.2) is 39.9 Å². The van der Waals surface area contributed by atoms with Crippen molar-refractivity contribution in [2.75, 3.05) is 13.1 Å². The molecule has 1 saturated heterocycles. The Hall–Kier alpha value is -0.870. The molecular weight excluding hydrogens is 236 g/mol. The topological polar surface area (TPSA) is 33.1 Å². The Balaban J connectivity index is 1.95. The van der Waals surface area contributed by atoms with Crippen LogP contribution in [0.15, 0.2) is 12.4 Å². The van der Waals surface area contributed by atoms with E-state index in [2.05, 4.69) is 35.4 Å². The predicted molar refractivity (Wildman–Crippen MR) is 79.0 cm³/mol. The van der Waals surface area contributed by atoms with Crippen LogP contribution in [0.4, 0.5) is 0 Å². The highest BCUT2D eigenvalue weighted by atomic mass is 15.3. The number of hydrogen-bond acceptors (Lipinski definition) is 3. The maximum Gasteiger partial charge on any atom is 0.0534 e. The molecule has 1 fully saturated rings. The highest BCUT2D eigenvalue weighted by molar-refractivity contribution is 5.04. The summed E-state index contributed by atoms with van der Waals surface area (Å²) in [5.74, 6) is 0. The lowest BCUT2D eigenvalue weighted by Gasteiger charge is -2.39. The maximum absolute atomic E-state index is 4.28. The average Bonchev–Trinajstić information content (AvgIpc) is 2.82. The van der Waals surface area contributed by atoms with Crippen molar-refractivity contribution in [2.45, 2.75) is 58.2 Å². The largest absolute Gasteiger partial charge is 0.313 e. The lowest BCUT2D eigenvalue weighted by atomic mass is 9.96. The Morgan fingerprint density at radius 1 is 1.47 bits per heavy atom. The molecule has 0 aliphatic carbocycles. The normalized spacial score (nSPS) is 22.6. The summed E-state index contributed by atoms with van der Waals surface area (Å²) in [5, 5.41) is 7.94. The Kier molecular flexibility index (Phi) is 5.40. The molecule has 0 amide bonds. The summed E-state index contributed by atoms with van der Waals surface area (Å²) in [4.78, 5) is 2.63. The molecule has 2 atom stereocenters. The highest BCUT2D eigenvalue weighted by Gasteiger charge is 2.27. The van der Waals surface area contributed by atoms with E-state index in [1.165, 1.54) is 37.8 Å². The molecule has 2 unspecified atom stereocenters. The minimum Gasteiger partial charge on any atom is -0.313 e. The number of aryl methyl sites for hydroxylation is 1. The van der Waals surface area contributed by atoms with Crippen molar-refractivity contribution in [3.63, 3.8) is 0 Å². The Morgan fingerprint density at radius 3 is 3.00 bits per heavy atom. The minimum absolute atomic E-state index is 0.580. The van der Waals surface area contributed by atoms with Crippen molar-refractivity contribution >= 4 is 0 Å². The van der Waals surface area contributed by atoms with Gasteiger partial charge in [-0.15, -0.1) is 0 Å². The van der Waals surface area contributed by atoms with Gasteiger partial charge in [0.2, 0.25) is 0 Å². The van der Waals surface area contributed by atoms with Gasteiger partial charge in [-0.1, -0.05) is 13.3 Å². The van der Waals surface area contributed by atoms with Crippen molar-refractivity contribution < 1.29 is 0 Å². The summed E-state index contributed by atoms with van der Waals surface area (Å²) < 4.78 is 1.90. The van der Waals surface area contributed by atoms with Crippen LogP contribution in [0.2, 0.25) is 0 Å². The fraction of sp³-hybridized carbons (Fsp3) is 0.800. The third-order valence-electron chi connectivity index (χ3n) is 4.10. The first kappa shape index (κ1) is 14.5. The predicted octanol–water partition coefficient (Wildman–Crippen LogP) is 2.16. The molecule has 4 heteroatoms. The van der Waals surface area contributed by atoms with Crippen LogP contribution >= 0.6 is 0 Å². The van der Waals surface area contributed by atoms with Crippen LogP contribution in [-0.2, 0) is 13.6 Å². The third-order valence-corrected chi connectivity index (χ3v) is 4.10. The van der Waals surface area contributed by atoms with E-state index in [1.807, 2.05) is 17.9 Å². The van der Waals surface area contributed by atoms with Crippen LogP contribution < -0.4 is 5.32 Å². The van der Waals surface area contributed by atoms with Gasteiger partial charge in [0, 0.05) is 37.4 Å². The van der Waals surface area contributed by atoms with E-state index >= 15 is 0 Å². The molecule has 1 N–H and O–H groups in total. The number of aromatic nitrogens is 2. The van der Waals surface area contributed by atoms with Gasteiger partial charge in [0.1, 0.15) is 0 Å². The first-order valence-electron chi connectivity index (χ1n) is 7.65. The second kappa shape index (κ2) is 7.06. The molecule has 4 nitrogen and oxygen atoms in total. The molecular formula is C15H28N4. The van der Waals surface area contributed by atoms with Crippen LogP contribution in [0.5, 0.6) is 0 Å². The van der Waals surface area contributed by atoms with Crippen molar-refractivity contribution in [1.29, 1.82) is 0 Å². The highest BCUT2D eigenvalue weighted by Crippen LogP contribution is 2.22. The molecule has 2 rings (SSSR count). The summed E-state index contributed by atoms with van der Waals surface area (Å²) in [5.41, 5.74) is 1.33. The zero-order valence-electron chi connectivity index (χ0n) is 12.6. The molecule has 19 heavy (non-hydrogen) atoms. The van der Waals surface area contributed by atoms with Gasteiger partial charge < -0.3 is 5.32 Å². The minimum atomic E-state index is 0.580. The molecule has 0 spiro atoms. The fourth-order valence-electron chi connectivity index (χ4n) is 3.08. The van der Waals surface area contributed by atoms with Crippen molar-refractivity contribution in [3.05, 3.63) is 18.0 Å². The van der Waals surface area contributed by atoms with Gasteiger partial charge in [0.25, 0.3) is 0 Å². The monoisotopic (exact) mass is 264 g/mol. The molecule has 0 bridgehead atoms. The van der Waals surface area contributed by atoms with E-state index in [-0.39, 0.29) is 0 Å². The van der Waals surface area contributed by atoms with Crippen molar-refractivity contribution in [2.24, 2.45) is 7.05 Å². The van der Waals surface area contributed by atoms with E-state index in [1.54, 1.807) is 0 Å². The number of nitrogens with one attached hydrogen (secondary N) is 1. The van der Waals surface area contributed by atoms with Crippen LogP contribution in [0, 0.1) is 0 Å². The first-order chi connectivity index (χ1) is 9.20. The first-order valence-corrected chi connectivity index (χ1v) is 7.65. The number of nitrogens with zero attached hydrogens (tertiary/aromatic N) is 3. The van der Waals surface area contributed by atoms with Crippen LogP contribution in [0.25, 0.3) is 0 Å². The number of hydrogen-bond donors (Lipinski definition) is 1. The van der Waals surface area contributed by atoms with Crippen LogP contribution in [0.1, 0.15) is 45.1 Å². The molecule has 1 aromatic heterocycles. The maximum atomic E-state index is 4.28. The van der Waals surface area contributed by atoms with Gasteiger partial charge in [-0.05, 0) is 39.3 Å². The Morgan fingerprint density at radius 2 is 2.32 bits per heavy atom. The molecule has 0 radical (unpaired) electrons. The third kappa shape index (κ3) is 4.05. The summed E-state index contributed by atoms with van der Waals surface area (Å²) in [6.07, 6.45) is 9.35. The van der Waals surface area contributed by atoms with Gasteiger partial charge in [0.05, 0.1) is 6.20 Å². The van der Waals surface area contributed by atoms with Crippen LogP contribution in [0.3, 0.4) is 0 Å². The van der Waals surface area contributed by atoms with E-state index < -0.39 is 0 Å². The van der Waals surface area contributed by atoms with Gasteiger partial charge in [-0.25, -0.2) is 0 Å². The summed E-state index contributed by atoms with van der Waals surface area (Å²) in [6, 6.07) is 1.25. The van der Waals surface area contributed by atoms with E-state index in [0.717, 1.165) is 13.1 Å². The van der Waals surface area contributed by atoms with Gasteiger partial charge in [0.15, 0.2) is 0 Å². The number of rotatable bonds is 6. The second-order valence-electron chi connectivity index (χ2n) is 5.80. The van der Waals surface area contributed by atoms with Crippen molar-refractivity contribution in [1.82, 2.24) is 20.0 Å². The molecule has 2 heterocycles. The van der Waals surface area contributed by atoms with Gasteiger partial charge >= 0.3 is 0 Å². The Labute approximate surface area is 117 Å². The van der Waals surface area contributed by atoms with Crippen molar-refractivity contribution in [3.8, 4) is 0 Å². The summed E-state index contributed by atoms with van der Waals surface area (Å²) in [7, 11) is 1.99. The summed E-state index contributed by atoms with van der Waals surface area (Å²) >= 11 is 0. The lowest BCUT2D eigenvalue weighted by molar-refractivity contribution is 0.112. The quantitative estimate of drug-likeness (QED) is 0.855. The zero-order valence-corrected chi connectivity index (χ0v) is 12.6. The van der Waals surface area contributed by atoms with E-state index in [0.29, 0.717) is 12.1 Å². The fourth-order valence-corrected chi connectivity index (χ4v) is 3.08. The molecule has 0 saturated carbocycles. The van der Waals surface area contributed by atoms with Gasteiger partial charge in [-0.2, -0.15) is 5.10 Å². The number of piperidine rings is 1. The smallest absolute Gasteiger partial charge is 0.0534 e. The van der Waals surface area contributed by atoms with E-state index in [4.69, 9.17) is 0 Å². The lowest BCUT2D eigenvalue weighted by Crippen LogP contribution is -2.50. The zero-order chi connectivity index (χ0) is 13.7. The Bertz CT molecular complexity index is 374.